The molecular weight excluding hydrogens is 720 g/mol. The molecule has 1 saturated carbocycles. The maximum atomic E-state index is 13.7. The van der Waals surface area contributed by atoms with Gasteiger partial charge in [0.05, 0.1) is 17.5 Å². The van der Waals surface area contributed by atoms with Gasteiger partial charge in [-0.2, -0.15) is 0 Å². The molecule has 11 heteroatoms. The summed E-state index contributed by atoms with van der Waals surface area (Å²) in [5.41, 5.74) is 3.02. The second-order valence-electron chi connectivity index (χ2n) is 17.0. The molecule has 2 bridgehead atoms. The number of carbonyl (C=O) groups excluding carboxylic acids is 1. The van der Waals surface area contributed by atoms with Gasteiger partial charge >= 0.3 is 0 Å². The number of fused-ring (bicyclic) bond motifs is 5. The molecule has 2 aliphatic carbocycles. The molecule has 6 atom stereocenters. The molecule has 54 heavy (non-hydrogen) atoms. The molecule has 0 radical (unpaired) electrons. The van der Waals surface area contributed by atoms with E-state index in [-0.39, 0.29) is 5.41 Å². The van der Waals surface area contributed by atoms with Crippen LogP contribution in [-0.4, -0.2) is 100 Å². The van der Waals surface area contributed by atoms with Crippen LogP contribution in [0.15, 0.2) is 48.6 Å². The molecule has 1 amide bonds. The third-order valence-corrected chi connectivity index (χ3v) is 15.9. The number of halogens is 1. The summed E-state index contributed by atoms with van der Waals surface area (Å²) in [5.74, 6) is 0.800. The van der Waals surface area contributed by atoms with E-state index in [9.17, 15) is 13.2 Å². The average molecular weight is 779 g/mol. The summed E-state index contributed by atoms with van der Waals surface area (Å²) in [6.45, 7) is 11.9. The van der Waals surface area contributed by atoms with Crippen molar-refractivity contribution in [3.8, 4) is 5.75 Å². The van der Waals surface area contributed by atoms with Gasteiger partial charge in [0, 0.05) is 67.9 Å². The molecule has 2 aromatic rings. The molecule has 2 saturated heterocycles. The van der Waals surface area contributed by atoms with Gasteiger partial charge in [0.2, 0.25) is 10.0 Å². The molecule has 0 aromatic heterocycles. The minimum Gasteiger partial charge on any atom is -0.490 e. The summed E-state index contributed by atoms with van der Waals surface area (Å²) in [4.78, 5) is 21.5. The summed E-state index contributed by atoms with van der Waals surface area (Å²) < 4.78 is 43.6. The first-order valence-corrected chi connectivity index (χ1v) is 22.7. The van der Waals surface area contributed by atoms with Crippen molar-refractivity contribution in [3.05, 3.63) is 70.3 Å². The van der Waals surface area contributed by atoms with Crippen molar-refractivity contribution < 1.29 is 22.7 Å². The van der Waals surface area contributed by atoms with E-state index in [1.54, 1.807) is 6.07 Å². The number of allylic oxidation sites excluding steroid dienone is 1. The fraction of sp³-hybridized carbons (Fsp3) is 0.651. The minimum absolute atomic E-state index is 0.256. The highest BCUT2D eigenvalue weighted by Crippen LogP contribution is 2.49. The first kappa shape index (κ1) is 38.3. The molecule has 8 rings (SSSR count). The zero-order valence-corrected chi connectivity index (χ0v) is 33.8. The lowest BCUT2D eigenvalue weighted by atomic mass is 9.63. The Labute approximate surface area is 327 Å². The van der Waals surface area contributed by atoms with Crippen molar-refractivity contribution in [2.45, 2.75) is 107 Å². The predicted octanol–water partition coefficient (Wildman–Crippen LogP) is 6.97. The maximum Gasteiger partial charge on any atom is 0.264 e. The van der Waals surface area contributed by atoms with Crippen molar-refractivity contribution >= 4 is 33.2 Å². The van der Waals surface area contributed by atoms with Crippen LogP contribution >= 0.6 is 11.6 Å². The van der Waals surface area contributed by atoms with E-state index in [2.05, 4.69) is 50.6 Å². The summed E-state index contributed by atoms with van der Waals surface area (Å²) in [6.07, 6.45) is 15.1. The number of anilines is 1. The van der Waals surface area contributed by atoms with E-state index < -0.39 is 26.8 Å². The SMILES string of the molecule is CCO[C@]1(CN2CCN3CCCC[C@@H]3C2)/C=C\CC[C@@H](CC)S(=O)(=O)NC(=O)c2ccc3c(c2)N(C[C@@H]2CC[C@H]21)C[C@@]1(CCCc2cc(Cl)ccc21)CO3. The number of hydrogen-bond donors (Lipinski definition) is 1. The molecule has 4 aliphatic heterocycles. The maximum absolute atomic E-state index is 13.7. The lowest BCUT2D eigenvalue weighted by Gasteiger charge is -2.53. The number of sulfonamides is 1. The zero-order valence-electron chi connectivity index (χ0n) is 32.2. The fourth-order valence-corrected chi connectivity index (χ4v) is 12.5. The van der Waals surface area contributed by atoms with Gasteiger partial charge in [-0.3, -0.25) is 14.6 Å². The Kier molecular flexibility index (Phi) is 11.1. The Morgan fingerprint density at radius 2 is 1.89 bits per heavy atom. The highest BCUT2D eigenvalue weighted by atomic mass is 35.5. The van der Waals surface area contributed by atoms with E-state index >= 15 is 0 Å². The number of nitrogens with one attached hydrogen (secondary N) is 1. The van der Waals surface area contributed by atoms with Gasteiger partial charge in [-0.05, 0) is 131 Å². The molecular formula is C43H59ClN4O5S. The monoisotopic (exact) mass is 778 g/mol. The molecule has 3 fully saturated rings. The Morgan fingerprint density at radius 3 is 2.70 bits per heavy atom. The molecule has 2 aromatic carbocycles. The van der Waals surface area contributed by atoms with Gasteiger partial charge in [-0.1, -0.05) is 43.2 Å². The van der Waals surface area contributed by atoms with Gasteiger partial charge in [-0.25, -0.2) is 13.1 Å². The summed E-state index contributed by atoms with van der Waals surface area (Å²) in [7, 11) is -3.91. The van der Waals surface area contributed by atoms with Gasteiger partial charge in [0.1, 0.15) is 11.4 Å². The standard InChI is InChI=1S/C43H59ClN4O5S/c1-3-36-12-5-7-20-43(53-4-2,29-46-22-23-47-21-8-6-11-35(47)27-46)38-16-13-33(38)26-48-28-42(19-9-10-31-24-34(44)15-17-37(31)42)30-52-40-18-14-32(25-39(40)48)41(49)45-54(36,50)51/h7,14-15,17-18,20,24-25,33,35-36,38H,3-6,8-13,16,19,21-23,26-30H2,1-2H3,(H,45,49)/b20-7-/t33-,35+,36+,38+,42-,43-/m0/s1. The highest BCUT2D eigenvalue weighted by molar-refractivity contribution is 7.90. The van der Waals surface area contributed by atoms with Crippen molar-refractivity contribution in [2.75, 3.05) is 63.9 Å². The van der Waals surface area contributed by atoms with Crippen LogP contribution in [0.1, 0.15) is 99.5 Å². The number of piperazine rings is 1. The van der Waals surface area contributed by atoms with Crippen LogP contribution in [0.3, 0.4) is 0 Å². The van der Waals surface area contributed by atoms with E-state index in [0.717, 1.165) is 87.8 Å². The average Bonchev–Trinajstić information content (AvgIpc) is 3.29. The van der Waals surface area contributed by atoms with Crippen LogP contribution in [0.25, 0.3) is 0 Å². The number of piperidine rings is 1. The van der Waals surface area contributed by atoms with E-state index in [1.807, 2.05) is 25.1 Å². The predicted molar refractivity (Wildman–Crippen MR) is 215 cm³/mol. The zero-order chi connectivity index (χ0) is 37.5. The molecule has 6 aliphatic rings. The number of aryl methyl sites for hydroxylation is 1. The van der Waals surface area contributed by atoms with Gasteiger partial charge < -0.3 is 14.4 Å². The largest absolute Gasteiger partial charge is 0.490 e. The van der Waals surface area contributed by atoms with Gasteiger partial charge in [-0.15, -0.1) is 0 Å². The number of benzene rings is 2. The number of ether oxygens (including phenoxy) is 2. The van der Waals surface area contributed by atoms with Gasteiger partial charge in [0.25, 0.3) is 5.91 Å². The Morgan fingerprint density at radius 1 is 1.00 bits per heavy atom. The van der Waals surface area contributed by atoms with Crippen LogP contribution in [0.2, 0.25) is 5.02 Å². The first-order valence-electron chi connectivity index (χ1n) is 20.8. The second-order valence-corrected chi connectivity index (χ2v) is 19.4. The quantitative estimate of drug-likeness (QED) is 0.326. The number of rotatable bonds is 5. The summed E-state index contributed by atoms with van der Waals surface area (Å²) in [6, 6.07) is 12.4. The number of amides is 1. The van der Waals surface area contributed by atoms with E-state index in [0.29, 0.717) is 55.9 Å². The molecule has 294 valence electrons. The van der Waals surface area contributed by atoms with Crippen LogP contribution in [0, 0.1) is 11.8 Å². The van der Waals surface area contributed by atoms with E-state index in [4.69, 9.17) is 21.1 Å². The van der Waals surface area contributed by atoms with E-state index in [1.165, 1.54) is 36.9 Å². The lowest BCUT2D eigenvalue weighted by molar-refractivity contribution is -0.116. The second kappa shape index (κ2) is 15.7. The van der Waals surface area contributed by atoms with Crippen molar-refractivity contribution in [1.29, 1.82) is 0 Å². The van der Waals surface area contributed by atoms with Crippen molar-refractivity contribution in [1.82, 2.24) is 14.5 Å². The third-order valence-electron chi connectivity index (χ3n) is 13.8. The molecule has 1 N–H and O–H groups in total. The lowest BCUT2D eigenvalue weighted by Crippen LogP contribution is -2.61. The Bertz CT molecular complexity index is 1840. The minimum atomic E-state index is -3.91. The third kappa shape index (κ3) is 7.47. The number of nitrogens with zero attached hydrogens (tertiary/aromatic N) is 3. The molecule has 4 heterocycles. The number of hydrogen-bond acceptors (Lipinski definition) is 8. The molecule has 1 spiro atoms. The topological polar surface area (TPSA) is 91.4 Å². The van der Waals surface area contributed by atoms with Crippen molar-refractivity contribution in [3.63, 3.8) is 0 Å². The van der Waals surface area contributed by atoms with Crippen LogP contribution in [0.5, 0.6) is 5.75 Å². The van der Waals surface area contributed by atoms with Crippen molar-refractivity contribution in [2.24, 2.45) is 11.8 Å². The summed E-state index contributed by atoms with van der Waals surface area (Å²) >= 11 is 6.53. The Balaban J connectivity index is 1.19. The Hall–Kier alpha value is -2.63. The number of carbonyl (C=O) groups is 1. The van der Waals surface area contributed by atoms with Crippen LogP contribution in [-0.2, 0) is 26.6 Å². The first-order chi connectivity index (χ1) is 26.1. The summed E-state index contributed by atoms with van der Waals surface area (Å²) in [5, 5.41) is 0.0730. The van der Waals surface area contributed by atoms with Crippen LogP contribution in [0.4, 0.5) is 5.69 Å². The van der Waals surface area contributed by atoms with Gasteiger partial charge in [0.15, 0.2) is 0 Å². The van der Waals surface area contributed by atoms with Crippen LogP contribution < -0.4 is 14.4 Å². The smallest absolute Gasteiger partial charge is 0.264 e. The molecule has 0 unspecified atom stereocenters. The highest BCUT2D eigenvalue weighted by Gasteiger charge is 2.50. The normalized spacial score (nSPS) is 33.6. The fourth-order valence-electron chi connectivity index (χ4n) is 10.9. The molecule has 9 nitrogen and oxygen atoms in total.